The minimum absolute atomic E-state index is 1.50. The maximum absolute atomic E-state index is 10.1. The Hall–Kier alpha value is -2.32. The number of carbonyl (C=O) groups excluding carboxylic acids is 2. The Morgan fingerprint density at radius 1 is 0.579 bits per heavy atom. The van der Waals surface area contributed by atoms with Crippen LogP contribution in [0, 0.1) is 0 Å². The zero-order chi connectivity index (χ0) is 14.7. The molecule has 0 atom stereocenters. The zero-order valence-corrected chi connectivity index (χ0v) is 9.99. The molecule has 19 heavy (non-hydrogen) atoms. The third-order valence-electron chi connectivity index (χ3n) is 2.01. The van der Waals surface area contributed by atoms with E-state index in [0.717, 1.165) is 0 Å². The Morgan fingerprint density at radius 3 is 1.05 bits per heavy atom. The predicted molar refractivity (Wildman–Crippen MR) is 57.8 cm³/mol. The van der Waals surface area contributed by atoms with Crippen molar-refractivity contribution < 1.29 is 43.6 Å². The van der Waals surface area contributed by atoms with Gasteiger partial charge in [0.15, 0.2) is 0 Å². The van der Waals surface area contributed by atoms with Crippen LogP contribution < -0.4 is 0 Å². The van der Waals surface area contributed by atoms with Gasteiger partial charge >= 0.3 is 24.6 Å². The summed E-state index contributed by atoms with van der Waals surface area (Å²) in [6.07, 6.45) is 1.18. The smallest absolute Gasteiger partial charge is 0.449 e. The highest BCUT2D eigenvalue weighted by Crippen LogP contribution is 2.15. The average Bonchev–Trinajstić information content (AvgIpc) is 2.29. The first kappa shape index (κ1) is 16.7. The fourth-order valence-corrected chi connectivity index (χ4v) is 1.31. The fourth-order valence-electron chi connectivity index (χ4n) is 1.31. The molecule has 1 saturated carbocycles. The van der Waals surface area contributed by atoms with Gasteiger partial charge in [0.1, 0.15) is 0 Å². The van der Waals surface area contributed by atoms with E-state index in [-0.39, 0.29) is 0 Å². The SMILES string of the molecule is C1CCCCC1.O=C(O)OC(=O)OC(=O)OC(=O)O. The standard InChI is InChI=1S/C6H12.C4H2O9/c1-2-4-6-5-3-1;5-1(6)11-3(9)13-4(10)12-2(7)8/h1-6H2;(H,5,6)(H,7,8). The summed E-state index contributed by atoms with van der Waals surface area (Å²) in [5.74, 6) is 0. The van der Waals surface area contributed by atoms with Crippen LogP contribution in [0.25, 0.3) is 0 Å². The summed E-state index contributed by atoms with van der Waals surface area (Å²) in [6, 6.07) is 0. The van der Waals surface area contributed by atoms with E-state index in [4.69, 9.17) is 10.2 Å². The Kier molecular flexibility index (Phi) is 8.50. The lowest BCUT2D eigenvalue weighted by Gasteiger charge is -2.05. The van der Waals surface area contributed by atoms with Gasteiger partial charge < -0.3 is 24.4 Å². The molecule has 0 aromatic heterocycles. The van der Waals surface area contributed by atoms with Crippen molar-refractivity contribution in [3.05, 3.63) is 0 Å². The number of carboxylic acid groups (broad SMARTS) is 2. The molecule has 0 aliphatic heterocycles. The number of carbonyl (C=O) groups is 4. The molecule has 0 unspecified atom stereocenters. The van der Waals surface area contributed by atoms with Crippen molar-refractivity contribution >= 4 is 24.6 Å². The topological polar surface area (TPSA) is 136 Å². The highest BCUT2D eigenvalue weighted by Gasteiger charge is 2.18. The lowest BCUT2D eigenvalue weighted by Crippen LogP contribution is -2.19. The van der Waals surface area contributed by atoms with Crippen molar-refractivity contribution in [2.45, 2.75) is 38.5 Å². The van der Waals surface area contributed by atoms with Gasteiger partial charge in [-0.15, -0.1) is 0 Å². The average molecular weight is 278 g/mol. The van der Waals surface area contributed by atoms with E-state index in [1.165, 1.54) is 38.5 Å². The number of hydrogen-bond acceptors (Lipinski definition) is 7. The van der Waals surface area contributed by atoms with E-state index in [2.05, 4.69) is 14.2 Å². The summed E-state index contributed by atoms with van der Waals surface area (Å²) in [6.45, 7) is 0. The molecule has 0 heterocycles. The maximum atomic E-state index is 10.1. The van der Waals surface area contributed by atoms with E-state index < -0.39 is 24.6 Å². The summed E-state index contributed by atoms with van der Waals surface area (Å²) in [7, 11) is 0. The van der Waals surface area contributed by atoms with Crippen LogP contribution in [0.4, 0.5) is 19.2 Å². The van der Waals surface area contributed by atoms with Crippen molar-refractivity contribution in [2.24, 2.45) is 0 Å². The van der Waals surface area contributed by atoms with Crippen LogP contribution in [0.1, 0.15) is 38.5 Å². The van der Waals surface area contributed by atoms with E-state index in [1.807, 2.05) is 0 Å². The van der Waals surface area contributed by atoms with Crippen molar-refractivity contribution in [1.82, 2.24) is 0 Å². The second kappa shape index (κ2) is 9.68. The molecule has 0 aromatic carbocycles. The van der Waals surface area contributed by atoms with Gasteiger partial charge in [0.2, 0.25) is 0 Å². The van der Waals surface area contributed by atoms with Crippen molar-refractivity contribution in [3.63, 3.8) is 0 Å². The van der Waals surface area contributed by atoms with E-state index in [0.29, 0.717) is 0 Å². The molecule has 1 aliphatic carbocycles. The molecule has 0 bridgehead atoms. The summed E-state index contributed by atoms with van der Waals surface area (Å²) >= 11 is 0. The number of ether oxygens (including phenoxy) is 3. The Labute approximate surface area is 108 Å². The molecule has 1 aliphatic rings. The first-order valence-corrected chi connectivity index (χ1v) is 5.49. The minimum Gasteiger partial charge on any atom is -0.449 e. The van der Waals surface area contributed by atoms with E-state index >= 15 is 0 Å². The Bertz CT molecular complexity index is 294. The summed E-state index contributed by atoms with van der Waals surface area (Å²) < 4.78 is 9.92. The molecule has 0 aromatic rings. The van der Waals surface area contributed by atoms with Gasteiger partial charge in [-0.3, -0.25) is 0 Å². The molecule has 0 saturated heterocycles. The molecule has 1 fully saturated rings. The van der Waals surface area contributed by atoms with Gasteiger partial charge in [0.25, 0.3) is 0 Å². The van der Waals surface area contributed by atoms with E-state index in [1.54, 1.807) is 0 Å². The molecular formula is C10H14O9. The molecule has 9 heteroatoms. The molecule has 0 radical (unpaired) electrons. The molecule has 0 spiro atoms. The van der Waals surface area contributed by atoms with Crippen molar-refractivity contribution in [3.8, 4) is 0 Å². The lowest BCUT2D eigenvalue weighted by molar-refractivity contribution is 0.0415. The molecule has 108 valence electrons. The van der Waals surface area contributed by atoms with Crippen LogP contribution in [0.5, 0.6) is 0 Å². The first-order chi connectivity index (χ1) is 8.91. The van der Waals surface area contributed by atoms with Gasteiger partial charge in [-0.1, -0.05) is 38.5 Å². The fraction of sp³-hybridized carbons (Fsp3) is 0.600. The maximum Gasteiger partial charge on any atom is 0.528 e. The third-order valence-corrected chi connectivity index (χ3v) is 2.01. The lowest BCUT2D eigenvalue weighted by atomic mass is 10.0. The highest BCUT2D eigenvalue weighted by molar-refractivity contribution is 5.86. The number of rotatable bonds is 0. The summed E-state index contributed by atoms with van der Waals surface area (Å²) in [5, 5.41) is 15.6. The van der Waals surface area contributed by atoms with E-state index in [9.17, 15) is 19.2 Å². The van der Waals surface area contributed by atoms with Gasteiger partial charge in [-0.05, 0) is 0 Å². The predicted octanol–water partition coefficient (Wildman–Crippen LogP) is 2.97. The monoisotopic (exact) mass is 278 g/mol. The van der Waals surface area contributed by atoms with Crippen molar-refractivity contribution in [2.75, 3.05) is 0 Å². The van der Waals surface area contributed by atoms with Gasteiger partial charge in [0, 0.05) is 0 Å². The van der Waals surface area contributed by atoms with Crippen LogP contribution in [0.2, 0.25) is 0 Å². The molecule has 9 nitrogen and oxygen atoms in total. The van der Waals surface area contributed by atoms with Crippen LogP contribution >= 0.6 is 0 Å². The van der Waals surface area contributed by atoms with Crippen LogP contribution in [-0.4, -0.2) is 34.8 Å². The Morgan fingerprint density at radius 2 is 0.842 bits per heavy atom. The largest absolute Gasteiger partial charge is 0.528 e. The molecular weight excluding hydrogens is 264 g/mol. The van der Waals surface area contributed by atoms with Crippen LogP contribution in [0.15, 0.2) is 0 Å². The Balaban J connectivity index is 0.000000443. The second-order valence-corrected chi connectivity index (χ2v) is 3.46. The molecule has 2 N–H and O–H groups in total. The third kappa shape index (κ3) is 11.9. The van der Waals surface area contributed by atoms with Crippen molar-refractivity contribution in [1.29, 1.82) is 0 Å². The van der Waals surface area contributed by atoms with Gasteiger partial charge in [0.05, 0.1) is 0 Å². The minimum atomic E-state index is -2.01. The first-order valence-electron chi connectivity index (χ1n) is 5.49. The summed E-state index contributed by atoms with van der Waals surface area (Å²) in [4.78, 5) is 39.5. The summed E-state index contributed by atoms with van der Waals surface area (Å²) in [5.41, 5.74) is 0. The van der Waals surface area contributed by atoms with Gasteiger partial charge in [-0.25, -0.2) is 19.2 Å². The zero-order valence-electron chi connectivity index (χ0n) is 9.99. The van der Waals surface area contributed by atoms with Crippen LogP contribution in [-0.2, 0) is 14.2 Å². The highest BCUT2D eigenvalue weighted by atomic mass is 16.9. The number of hydrogen-bond donors (Lipinski definition) is 2. The molecule has 0 amide bonds. The quantitative estimate of drug-likeness (QED) is 0.505. The van der Waals surface area contributed by atoms with Gasteiger partial charge in [-0.2, -0.15) is 0 Å². The molecule has 1 rings (SSSR count). The normalized spacial score (nSPS) is 13.3. The van der Waals surface area contributed by atoms with Crippen LogP contribution in [0.3, 0.4) is 0 Å². The second-order valence-electron chi connectivity index (χ2n) is 3.46.